The van der Waals surface area contributed by atoms with Crippen molar-refractivity contribution in [3.8, 4) is 0 Å². The predicted molar refractivity (Wildman–Crippen MR) is 93.2 cm³/mol. The van der Waals surface area contributed by atoms with E-state index in [2.05, 4.69) is 0 Å². The average molecular weight is 353 g/mol. The van der Waals surface area contributed by atoms with Crippen molar-refractivity contribution in [2.75, 3.05) is 6.61 Å². The first-order valence-electron chi connectivity index (χ1n) is 8.05. The Kier molecular flexibility index (Phi) is 4.67. The molecule has 0 aliphatic rings. The number of Topliss-reactive ketones (excluding diaryl/α,β-unsaturated/α-hetero) is 1. The highest BCUT2D eigenvalue weighted by Crippen LogP contribution is 2.22. The molecule has 3 rings (SSSR count). The number of pyridine rings is 1. The molecule has 0 unspecified atom stereocenters. The van der Waals surface area contributed by atoms with Crippen LogP contribution in [0.5, 0.6) is 0 Å². The van der Waals surface area contributed by atoms with Crippen molar-refractivity contribution < 1.29 is 23.5 Å². The van der Waals surface area contributed by atoms with Crippen LogP contribution in [0.4, 0.5) is 4.39 Å². The van der Waals surface area contributed by atoms with Crippen LogP contribution in [0.25, 0.3) is 5.52 Å². The number of carbonyl (C=O) groups is 3. The fourth-order valence-corrected chi connectivity index (χ4v) is 2.71. The van der Waals surface area contributed by atoms with Gasteiger partial charge in [0, 0.05) is 17.3 Å². The maximum Gasteiger partial charge on any atom is 0.340 e. The minimum Gasteiger partial charge on any atom is -0.462 e. The normalized spacial score (nSPS) is 10.7. The van der Waals surface area contributed by atoms with E-state index in [1.165, 1.54) is 41.7 Å². The highest BCUT2D eigenvalue weighted by Gasteiger charge is 2.22. The van der Waals surface area contributed by atoms with Crippen molar-refractivity contribution in [1.29, 1.82) is 0 Å². The number of halogens is 1. The molecule has 132 valence electrons. The van der Waals surface area contributed by atoms with Gasteiger partial charge in [0.1, 0.15) is 5.82 Å². The Hall–Kier alpha value is -3.28. The molecular weight excluding hydrogens is 337 g/mol. The molecule has 0 aliphatic carbocycles. The van der Waals surface area contributed by atoms with Gasteiger partial charge in [-0.2, -0.15) is 0 Å². The van der Waals surface area contributed by atoms with Gasteiger partial charge < -0.3 is 9.14 Å². The number of fused-ring (bicyclic) bond motifs is 1. The lowest BCUT2D eigenvalue weighted by Gasteiger charge is -2.05. The lowest BCUT2D eigenvalue weighted by Crippen LogP contribution is -2.05. The molecule has 2 aromatic heterocycles. The fraction of sp³-hybridized carbons (Fsp3) is 0.150. The number of hydrogen-bond acceptors (Lipinski definition) is 4. The van der Waals surface area contributed by atoms with Crippen LogP contribution < -0.4 is 0 Å². The third-order valence-electron chi connectivity index (χ3n) is 4.01. The standard InChI is InChI=1S/C20H16FNO4/c1-3-26-20(25)16-11-18(19(24)13-4-6-15(21)7-5-13)22-9-8-14(12(2)23)10-17(16)22/h4-11H,3H2,1-2H3. The van der Waals surface area contributed by atoms with Gasteiger partial charge >= 0.3 is 5.97 Å². The summed E-state index contributed by atoms with van der Waals surface area (Å²) in [5, 5.41) is 0. The van der Waals surface area contributed by atoms with Crippen molar-refractivity contribution in [2.24, 2.45) is 0 Å². The van der Waals surface area contributed by atoms with Gasteiger partial charge in [0.2, 0.25) is 5.78 Å². The molecule has 2 heterocycles. The summed E-state index contributed by atoms with van der Waals surface area (Å²) in [7, 11) is 0. The molecule has 0 fully saturated rings. The van der Waals surface area contributed by atoms with E-state index in [0.29, 0.717) is 11.1 Å². The second-order valence-corrected chi connectivity index (χ2v) is 5.73. The topological polar surface area (TPSA) is 64.8 Å². The van der Waals surface area contributed by atoms with Crippen LogP contribution in [0.15, 0.2) is 48.7 Å². The highest BCUT2D eigenvalue weighted by molar-refractivity contribution is 6.11. The number of ether oxygens (including phenoxy) is 1. The molecule has 6 heteroatoms. The van der Waals surface area contributed by atoms with Crippen molar-refractivity contribution in [3.63, 3.8) is 0 Å². The molecule has 0 amide bonds. The van der Waals surface area contributed by atoms with Crippen LogP contribution in [-0.4, -0.2) is 28.5 Å². The van der Waals surface area contributed by atoms with E-state index in [1.807, 2.05) is 0 Å². The number of hydrogen-bond donors (Lipinski definition) is 0. The largest absolute Gasteiger partial charge is 0.462 e. The Labute approximate surface area is 149 Å². The predicted octanol–water partition coefficient (Wildman–Crippen LogP) is 3.69. The van der Waals surface area contributed by atoms with E-state index < -0.39 is 11.8 Å². The zero-order valence-corrected chi connectivity index (χ0v) is 14.3. The smallest absolute Gasteiger partial charge is 0.340 e. The lowest BCUT2D eigenvalue weighted by molar-refractivity contribution is 0.0528. The van der Waals surface area contributed by atoms with Crippen LogP contribution in [0.1, 0.15) is 50.6 Å². The van der Waals surface area contributed by atoms with Gasteiger partial charge in [-0.1, -0.05) is 0 Å². The molecule has 0 atom stereocenters. The Balaban J connectivity index is 2.19. The molecule has 1 aromatic carbocycles. The molecule has 0 spiro atoms. The summed E-state index contributed by atoms with van der Waals surface area (Å²) in [5.74, 6) is -1.55. The summed E-state index contributed by atoms with van der Waals surface area (Å²) in [6.45, 7) is 3.29. The highest BCUT2D eigenvalue weighted by atomic mass is 19.1. The minimum absolute atomic E-state index is 0.157. The summed E-state index contributed by atoms with van der Waals surface area (Å²) in [6.07, 6.45) is 1.56. The number of aromatic nitrogens is 1. The number of carbonyl (C=O) groups excluding carboxylic acids is 3. The Morgan fingerprint density at radius 2 is 1.73 bits per heavy atom. The van der Waals surface area contributed by atoms with Crippen molar-refractivity contribution >= 4 is 23.1 Å². The summed E-state index contributed by atoms with van der Waals surface area (Å²) in [5.41, 5.74) is 1.53. The van der Waals surface area contributed by atoms with Crippen LogP contribution >= 0.6 is 0 Å². The van der Waals surface area contributed by atoms with E-state index in [-0.39, 0.29) is 35.0 Å². The van der Waals surface area contributed by atoms with E-state index >= 15 is 0 Å². The third-order valence-corrected chi connectivity index (χ3v) is 4.01. The summed E-state index contributed by atoms with van der Waals surface area (Å²) >= 11 is 0. The van der Waals surface area contributed by atoms with Crippen LogP contribution in [-0.2, 0) is 4.74 Å². The van der Waals surface area contributed by atoms with Gasteiger partial charge in [-0.15, -0.1) is 0 Å². The van der Waals surface area contributed by atoms with Gasteiger partial charge in [-0.05, 0) is 56.3 Å². The van der Waals surface area contributed by atoms with Gasteiger partial charge in [-0.25, -0.2) is 9.18 Å². The van der Waals surface area contributed by atoms with Crippen LogP contribution in [0.2, 0.25) is 0 Å². The molecule has 0 aliphatic heterocycles. The molecule has 0 saturated carbocycles. The number of ketones is 2. The van der Waals surface area contributed by atoms with E-state index in [0.717, 1.165) is 0 Å². The quantitative estimate of drug-likeness (QED) is 0.518. The SMILES string of the molecule is CCOC(=O)c1cc(C(=O)c2ccc(F)cc2)n2ccc(C(C)=O)cc12. The third kappa shape index (κ3) is 3.13. The second kappa shape index (κ2) is 6.92. The second-order valence-electron chi connectivity index (χ2n) is 5.73. The molecule has 26 heavy (non-hydrogen) atoms. The number of nitrogens with zero attached hydrogens (tertiary/aromatic N) is 1. The average Bonchev–Trinajstić information content (AvgIpc) is 3.00. The fourth-order valence-electron chi connectivity index (χ4n) is 2.71. The minimum atomic E-state index is -0.580. The molecule has 0 bridgehead atoms. The Bertz CT molecular complexity index is 1020. The van der Waals surface area contributed by atoms with Gasteiger partial charge in [0.05, 0.1) is 23.4 Å². The van der Waals surface area contributed by atoms with Gasteiger partial charge in [0.25, 0.3) is 0 Å². The monoisotopic (exact) mass is 353 g/mol. The summed E-state index contributed by atoms with van der Waals surface area (Å²) in [6, 6.07) is 9.72. The first-order valence-corrected chi connectivity index (χ1v) is 8.05. The maximum absolute atomic E-state index is 13.1. The maximum atomic E-state index is 13.1. The molecular formula is C20H16FNO4. The molecule has 0 saturated heterocycles. The van der Waals surface area contributed by atoms with Crippen molar-refractivity contribution in [3.05, 3.63) is 76.9 Å². The molecule has 0 radical (unpaired) electrons. The number of esters is 1. The Morgan fingerprint density at radius 1 is 1.04 bits per heavy atom. The number of benzene rings is 1. The van der Waals surface area contributed by atoms with Crippen molar-refractivity contribution in [2.45, 2.75) is 13.8 Å². The van der Waals surface area contributed by atoms with Gasteiger partial charge in [0.15, 0.2) is 5.78 Å². The first-order chi connectivity index (χ1) is 12.4. The molecule has 3 aromatic rings. The van der Waals surface area contributed by atoms with E-state index in [9.17, 15) is 18.8 Å². The zero-order chi connectivity index (χ0) is 18.8. The summed E-state index contributed by atoms with van der Waals surface area (Å²) < 4.78 is 19.7. The lowest BCUT2D eigenvalue weighted by atomic mass is 10.1. The van der Waals surface area contributed by atoms with E-state index in [4.69, 9.17) is 4.74 Å². The van der Waals surface area contributed by atoms with Crippen LogP contribution in [0.3, 0.4) is 0 Å². The van der Waals surface area contributed by atoms with E-state index in [1.54, 1.807) is 25.3 Å². The zero-order valence-electron chi connectivity index (χ0n) is 14.3. The van der Waals surface area contributed by atoms with Crippen molar-refractivity contribution in [1.82, 2.24) is 4.40 Å². The Morgan fingerprint density at radius 3 is 2.35 bits per heavy atom. The van der Waals surface area contributed by atoms with Crippen LogP contribution in [0, 0.1) is 5.82 Å². The van der Waals surface area contributed by atoms with Gasteiger partial charge in [-0.3, -0.25) is 9.59 Å². The molecule has 5 nitrogen and oxygen atoms in total. The number of rotatable bonds is 5. The molecule has 0 N–H and O–H groups in total. The first kappa shape index (κ1) is 17.5. The summed E-state index contributed by atoms with van der Waals surface area (Å²) in [4.78, 5) is 36.8.